The zero-order chi connectivity index (χ0) is 17.9. The maximum absolute atomic E-state index is 12.0. The van der Waals surface area contributed by atoms with Crippen molar-refractivity contribution in [1.29, 1.82) is 0 Å². The van der Waals surface area contributed by atoms with Crippen LogP contribution in [-0.4, -0.2) is 11.5 Å². The number of ketones is 1. The van der Waals surface area contributed by atoms with Crippen LogP contribution in [0.25, 0.3) is 0 Å². The number of Topliss-reactive ketones (excluding diaryl/α,β-unsaturated/α-hetero) is 1. The van der Waals surface area contributed by atoms with Crippen LogP contribution in [0.4, 0.5) is 0 Å². The highest BCUT2D eigenvalue weighted by molar-refractivity contribution is 8.20. The maximum Gasteiger partial charge on any atom is 0.139 e. The first-order chi connectivity index (χ1) is 11.9. The first-order valence-electron chi connectivity index (χ1n) is 8.45. The van der Waals surface area contributed by atoms with E-state index in [1.165, 1.54) is 0 Å². The summed E-state index contributed by atoms with van der Waals surface area (Å²) in [4.78, 5) is 12.0. The molecule has 0 bridgehead atoms. The van der Waals surface area contributed by atoms with Gasteiger partial charge in [-0.25, -0.2) is 0 Å². The first-order valence-corrected chi connectivity index (χ1v) is 11.2. The first kappa shape index (κ1) is 18.0. The van der Waals surface area contributed by atoms with Gasteiger partial charge in [0.15, 0.2) is 0 Å². The van der Waals surface area contributed by atoms with E-state index < -0.39 is 6.19 Å². The van der Waals surface area contributed by atoms with E-state index in [2.05, 4.69) is 48.4 Å². The minimum Gasteiger partial charge on any atom is -0.299 e. The van der Waals surface area contributed by atoms with Crippen molar-refractivity contribution in [1.82, 2.24) is 5.20 Å². The van der Waals surface area contributed by atoms with Crippen LogP contribution >= 0.6 is 6.19 Å². The summed E-state index contributed by atoms with van der Waals surface area (Å²) < 4.78 is 0. The SMILES string of the molecule is CC1(C)CC(=O)C/C(=N\NP(=S)(c2ccccc2)c2ccccc2)C1. The standard InChI is InChI=1S/C20H23N2OPS/c1-20(2)14-16(13-17(23)15-20)21-22-24(25,18-9-5-3-6-10-18)19-11-7-4-8-12-19/h3-12H,13-15H2,1-2H3,(H,22,25)/b21-16+. The fourth-order valence-corrected chi connectivity index (χ4v) is 6.11. The highest BCUT2D eigenvalue weighted by atomic mass is 32.4. The van der Waals surface area contributed by atoms with E-state index in [-0.39, 0.29) is 11.2 Å². The van der Waals surface area contributed by atoms with Crippen molar-refractivity contribution >= 4 is 40.1 Å². The van der Waals surface area contributed by atoms with E-state index in [1.54, 1.807) is 0 Å². The van der Waals surface area contributed by atoms with Crippen LogP contribution in [0, 0.1) is 5.41 Å². The Hall–Kier alpha value is -1.77. The third-order valence-electron chi connectivity index (χ3n) is 4.35. The molecule has 0 radical (unpaired) electrons. The Bertz CT molecular complexity index is 788. The van der Waals surface area contributed by atoms with Crippen LogP contribution in [0.2, 0.25) is 0 Å². The van der Waals surface area contributed by atoms with Gasteiger partial charge in [-0.2, -0.15) is 5.10 Å². The average molecular weight is 370 g/mol. The number of nitrogens with zero attached hydrogens (tertiary/aromatic N) is 1. The van der Waals surface area contributed by atoms with Crippen LogP contribution in [-0.2, 0) is 16.6 Å². The number of carbonyl (C=O) groups excluding carboxylic acids is 1. The van der Waals surface area contributed by atoms with Crippen molar-refractivity contribution in [3.8, 4) is 0 Å². The van der Waals surface area contributed by atoms with E-state index in [0.717, 1.165) is 22.7 Å². The van der Waals surface area contributed by atoms with Crippen molar-refractivity contribution in [2.45, 2.75) is 33.1 Å². The van der Waals surface area contributed by atoms with E-state index in [1.807, 2.05) is 36.4 Å². The lowest BCUT2D eigenvalue weighted by Gasteiger charge is -2.30. The highest BCUT2D eigenvalue weighted by Gasteiger charge is 2.31. The van der Waals surface area contributed by atoms with Crippen LogP contribution < -0.4 is 15.8 Å². The summed E-state index contributed by atoms with van der Waals surface area (Å²) in [6.45, 7) is 4.23. The van der Waals surface area contributed by atoms with Gasteiger partial charge in [-0.15, -0.1) is 0 Å². The molecular formula is C20H23N2OPS. The Morgan fingerprint density at radius 2 is 1.48 bits per heavy atom. The Labute approximate surface area is 154 Å². The number of rotatable bonds is 4. The van der Waals surface area contributed by atoms with E-state index in [9.17, 15) is 4.79 Å². The predicted molar refractivity (Wildman–Crippen MR) is 110 cm³/mol. The second kappa shape index (κ2) is 7.23. The lowest BCUT2D eigenvalue weighted by molar-refractivity contribution is -0.120. The third-order valence-corrected chi connectivity index (χ3v) is 8.29. The molecule has 3 nitrogen and oxygen atoms in total. The highest BCUT2D eigenvalue weighted by Crippen LogP contribution is 2.39. The molecule has 2 aromatic carbocycles. The lowest BCUT2D eigenvalue weighted by atomic mass is 9.76. The van der Waals surface area contributed by atoms with Gasteiger partial charge in [0.2, 0.25) is 0 Å². The van der Waals surface area contributed by atoms with Crippen LogP contribution in [0.15, 0.2) is 65.8 Å². The molecule has 1 saturated carbocycles. The molecule has 1 fully saturated rings. The summed E-state index contributed by atoms with van der Waals surface area (Å²) >= 11 is 6.10. The molecule has 3 rings (SSSR count). The van der Waals surface area contributed by atoms with Gasteiger partial charge in [0.1, 0.15) is 12.0 Å². The van der Waals surface area contributed by atoms with Gasteiger partial charge < -0.3 is 0 Å². The molecule has 0 spiro atoms. The van der Waals surface area contributed by atoms with Crippen molar-refractivity contribution in [3.63, 3.8) is 0 Å². The summed E-state index contributed by atoms with van der Waals surface area (Å²) in [5.74, 6) is 0.254. The van der Waals surface area contributed by atoms with Gasteiger partial charge in [0.25, 0.3) is 0 Å². The lowest BCUT2D eigenvalue weighted by Crippen LogP contribution is -2.31. The van der Waals surface area contributed by atoms with Crippen molar-refractivity contribution in [2.75, 3.05) is 0 Å². The topological polar surface area (TPSA) is 41.5 Å². The predicted octanol–water partition coefficient (Wildman–Crippen LogP) is 3.76. The Morgan fingerprint density at radius 3 is 1.96 bits per heavy atom. The van der Waals surface area contributed by atoms with E-state index in [0.29, 0.717) is 12.8 Å². The van der Waals surface area contributed by atoms with Gasteiger partial charge in [0.05, 0.1) is 0 Å². The van der Waals surface area contributed by atoms with Gasteiger partial charge in [-0.3, -0.25) is 9.99 Å². The molecule has 0 saturated heterocycles. The van der Waals surface area contributed by atoms with Crippen LogP contribution in [0.3, 0.4) is 0 Å². The van der Waals surface area contributed by atoms with Crippen molar-refractivity contribution in [3.05, 3.63) is 60.7 Å². The molecule has 0 aliphatic heterocycles. The average Bonchev–Trinajstić information content (AvgIpc) is 2.59. The maximum atomic E-state index is 12.0. The molecular weight excluding hydrogens is 347 g/mol. The van der Waals surface area contributed by atoms with Crippen LogP contribution in [0.5, 0.6) is 0 Å². The molecule has 25 heavy (non-hydrogen) atoms. The number of nitrogens with one attached hydrogen (secondary N) is 1. The number of hydrogen-bond acceptors (Lipinski definition) is 3. The van der Waals surface area contributed by atoms with Gasteiger partial charge >= 0.3 is 0 Å². The van der Waals surface area contributed by atoms with Crippen molar-refractivity contribution in [2.24, 2.45) is 10.5 Å². The largest absolute Gasteiger partial charge is 0.299 e. The third kappa shape index (κ3) is 4.26. The minimum atomic E-state index is -2.27. The quantitative estimate of drug-likeness (QED) is 0.658. The van der Waals surface area contributed by atoms with Crippen molar-refractivity contribution < 1.29 is 4.79 Å². The summed E-state index contributed by atoms with van der Waals surface area (Å²) in [6.07, 6.45) is -0.395. The molecule has 0 heterocycles. The molecule has 0 atom stereocenters. The molecule has 0 unspecified atom stereocenters. The van der Waals surface area contributed by atoms with E-state index >= 15 is 0 Å². The fourth-order valence-electron chi connectivity index (χ4n) is 3.26. The fraction of sp³-hybridized carbons (Fsp3) is 0.300. The molecule has 130 valence electrons. The second-order valence-corrected chi connectivity index (χ2v) is 11.4. The van der Waals surface area contributed by atoms with Gasteiger partial charge in [-0.1, -0.05) is 86.3 Å². The molecule has 1 aliphatic rings. The number of benzene rings is 2. The summed E-state index contributed by atoms with van der Waals surface area (Å²) in [7, 11) is 0. The van der Waals surface area contributed by atoms with E-state index in [4.69, 9.17) is 11.8 Å². The Balaban J connectivity index is 1.96. The number of hydrazone groups is 1. The molecule has 0 aromatic heterocycles. The Kier molecular flexibility index (Phi) is 5.21. The number of hydrogen-bond donors (Lipinski definition) is 1. The minimum absolute atomic E-state index is 0.0299. The monoisotopic (exact) mass is 370 g/mol. The summed E-state index contributed by atoms with van der Waals surface area (Å²) in [5, 5.41) is 10.1. The molecule has 5 heteroatoms. The molecule has 2 aromatic rings. The normalized spacial score (nSPS) is 19.0. The Morgan fingerprint density at radius 1 is 0.960 bits per heavy atom. The van der Waals surface area contributed by atoms with Crippen LogP contribution in [0.1, 0.15) is 33.1 Å². The molecule has 0 amide bonds. The summed E-state index contributed by atoms with van der Waals surface area (Å²) in [6, 6.07) is 20.2. The molecule has 1 aliphatic carbocycles. The molecule has 1 N–H and O–H groups in total. The smallest absolute Gasteiger partial charge is 0.139 e. The van der Waals surface area contributed by atoms with Gasteiger partial charge in [0, 0.05) is 29.2 Å². The number of carbonyl (C=O) groups is 1. The second-order valence-electron chi connectivity index (χ2n) is 7.29. The zero-order valence-electron chi connectivity index (χ0n) is 14.6. The van der Waals surface area contributed by atoms with Gasteiger partial charge in [-0.05, 0) is 11.8 Å². The zero-order valence-corrected chi connectivity index (χ0v) is 16.3. The summed E-state index contributed by atoms with van der Waals surface area (Å²) in [5.41, 5.74) is 0.875.